The molecule has 1 aliphatic rings. The van der Waals surface area contributed by atoms with Gasteiger partial charge in [-0.3, -0.25) is 4.79 Å². The molecule has 1 heterocycles. The summed E-state index contributed by atoms with van der Waals surface area (Å²) in [4.78, 5) is 16.0. The molecular weight excluding hydrogens is 268 g/mol. The van der Waals surface area contributed by atoms with Crippen LogP contribution in [0.1, 0.15) is 48.9 Å². The lowest BCUT2D eigenvalue weighted by molar-refractivity contribution is 0.0273. The van der Waals surface area contributed by atoms with Gasteiger partial charge in [-0.1, -0.05) is 19.3 Å². The minimum atomic E-state index is -0.155. The lowest BCUT2D eigenvalue weighted by Gasteiger charge is -2.21. The number of ether oxygens (including phenoxy) is 2. The normalized spacial score (nSPS) is 15.7. The van der Waals surface area contributed by atoms with Gasteiger partial charge in [-0.15, -0.1) is 0 Å². The Bertz CT molecular complexity index is 445. The van der Waals surface area contributed by atoms with Crippen LogP contribution in [0.15, 0.2) is 18.3 Å². The molecule has 0 saturated heterocycles. The third-order valence-electron chi connectivity index (χ3n) is 3.72. The zero-order valence-electron chi connectivity index (χ0n) is 12.6. The van der Waals surface area contributed by atoms with Crippen molar-refractivity contribution < 1.29 is 14.3 Å². The quantitative estimate of drug-likeness (QED) is 0.785. The topological polar surface area (TPSA) is 60.5 Å². The Balaban J connectivity index is 1.65. The Labute approximate surface area is 126 Å². The number of rotatable bonds is 7. The lowest BCUT2D eigenvalue weighted by Crippen LogP contribution is -2.26. The molecule has 0 aromatic carbocycles. The molecule has 2 rings (SSSR count). The molecule has 1 aromatic heterocycles. The van der Waals surface area contributed by atoms with Crippen LogP contribution >= 0.6 is 0 Å². The molecule has 0 unspecified atom stereocenters. The van der Waals surface area contributed by atoms with Gasteiger partial charge in [-0.25, -0.2) is 4.98 Å². The van der Waals surface area contributed by atoms with Crippen molar-refractivity contribution in [2.45, 2.75) is 44.6 Å². The summed E-state index contributed by atoms with van der Waals surface area (Å²) in [5.74, 6) is 0.200. The lowest BCUT2D eigenvalue weighted by atomic mass is 9.98. The number of amides is 1. The van der Waals surface area contributed by atoms with Crippen molar-refractivity contribution in [1.29, 1.82) is 0 Å². The predicted molar refractivity (Wildman–Crippen MR) is 80.6 cm³/mol. The van der Waals surface area contributed by atoms with Crippen LogP contribution < -0.4 is 10.1 Å². The van der Waals surface area contributed by atoms with Crippen LogP contribution in [0.4, 0.5) is 0 Å². The van der Waals surface area contributed by atoms with Gasteiger partial charge in [0.15, 0.2) is 0 Å². The van der Waals surface area contributed by atoms with Crippen molar-refractivity contribution in [3.05, 3.63) is 23.9 Å². The molecule has 1 aromatic rings. The Morgan fingerprint density at radius 2 is 2.19 bits per heavy atom. The van der Waals surface area contributed by atoms with Gasteiger partial charge in [0.05, 0.1) is 13.2 Å². The van der Waals surface area contributed by atoms with Crippen molar-refractivity contribution >= 4 is 5.91 Å². The molecular formula is C16H24N2O3. The van der Waals surface area contributed by atoms with E-state index in [0.717, 1.165) is 6.42 Å². The van der Waals surface area contributed by atoms with E-state index in [1.165, 1.54) is 39.2 Å². The first-order valence-corrected chi connectivity index (χ1v) is 7.70. The van der Waals surface area contributed by atoms with Crippen LogP contribution in [-0.4, -0.2) is 37.3 Å². The Kier molecular flexibility index (Phi) is 6.47. The van der Waals surface area contributed by atoms with E-state index in [1.807, 2.05) is 0 Å². The number of hydrogen-bond acceptors (Lipinski definition) is 4. The van der Waals surface area contributed by atoms with Crippen LogP contribution in [-0.2, 0) is 4.74 Å². The fourth-order valence-electron chi connectivity index (χ4n) is 2.58. The van der Waals surface area contributed by atoms with Crippen LogP contribution in [0.2, 0.25) is 0 Å². The van der Waals surface area contributed by atoms with Crippen LogP contribution in [0.5, 0.6) is 5.88 Å². The molecule has 1 fully saturated rings. The van der Waals surface area contributed by atoms with E-state index < -0.39 is 0 Å². The minimum absolute atomic E-state index is 0.155. The number of nitrogens with zero attached hydrogens (tertiary/aromatic N) is 1. The number of hydrogen-bond donors (Lipinski definition) is 1. The molecule has 21 heavy (non-hydrogen) atoms. The fraction of sp³-hybridized carbons (Fsp3) is 0.625. The van der Waals surface area contributed by atoms with E-state index >= 15 is 0 Å². The zero-order valence-corrected chi connectivity index (χ0v) is 12.6. The van der Waals surface area contributed by atoms with Crippen LogP contribution in [0.25, 0.3) is 0 Å². The van der Waals surface area contributed by atoms with E-state index in [9.17, 15) is 4.79 Å². The molecule has 5 nitrogen and oxygen atoms in total. The molecule has 1 aliphatic carbocycles. The first-order valence-electron chi connectivity index (χ1n) is 7.70. The average Bonchev–Trinajstić information content (AvgIpc) is 2.55. The van der Waals surface area contributed by atoms with E-state index in [-0.39, 0.29) is 5.91 Å². The van der Waals surface area contributed by atoms with E-state index in [4.69, 9.17) is 9.47 Å². The Morgan fingerprint density at radius 1 is 1.38 bits per heavy atom. The summed E-state index contributed by atoms with van der Waals surface area (Å²) in [7, 11) is 1.51. The molecule has 0 atom stereocenters. The summed E-state index contributed by atoms with van der Waals surface area (Å²) >= 11 is 0. The number of aromatic nitrogens is 1. The SMILES string of the molecule is COc1ncccc1C(=O)NCCCOC1CCCCC1. The van der Waals surface area contributed by atoms with Crippen molar-refractivity contribution in [2.75, 3.05) is 20.3 Å². The van der Waals surface area contributed by atoms with Gasteiger partial charge in [-0.2, -0.15) is 0 Å². The van der Waals surface area contributed by atoms with Gasteiger partial charge in [0.1, 0.15) is 5.56 Å². The molecule has 1 saturated carbocycles. The molecule has 0 radical (unpaired) electrons. The number of carbonyl (C=O) groups is 1. The first-order chi connectivity index (χ1) is 10.3. The molecule has 116 valence electrons. The number of nitrogens with one attached hydrogen (secondary N) is 1. The smallest absolute Gasteiger partial charge is 0.256 e. The van der Waals surface area contributed by atoms with E-state index in [2.05, 4.69) is 10.3 Å². The molecule has 5 heteroatoms. The molecule has 0 bridgehead atoms. The standard InChI is InChI=1S/C16H24N2O3/c1-20-16-14(9-5-10-18-16)15(19)17-11-6-12-21-13-7-3-2-4-8-13/h5,9-10,13H,2-4,6-8,11-12H2,1H3,(H,17,19). The van der Waals surface area contributed by atoms with Gasteiger partial charge in [0.2, 0.25) is 5.88 Å². The second kappa shape index (κ2) is 8.62. The maximum Gasteiger partial charge on any atom is 0.256 e. The van der Waals surface area contributed by atoms with Crippen molar-refractivity contribution in [1.82, 2.24) is 10.3 Å². The summed E-state index contributed by atoms with van der Waals surface area (Å²) in [5, 5.41) is 2.87. The second-order valence-electron chi connectivity index (χ2n) is 5.30. The third-order valence-corrected chi connectivity index (χ3v) is 3.72. The van der Waals surface area contributed by atoms with Crippen LogP contribution in [0, 0.1) is 0 Å². The highest BCUT2D eigenvalue weighted by atomic mass is 16.5. The largest absolute Gasteiger partial charge is 0.480 e. The van der Waals surface area contributed by atoms with Gasteiger partial charge in [-0.05, 0) is 31.4 Å². The first kappa shape index (κ1) is 15.8. The van der Waals surface area contributed by atoms with Gasteiger partial charge < -0.3 is 14.8 Å². The maximum absolute atomic E-state index is 12.0. The number of carbonyl (C=O) groups excluding carboxylic acids is 1. The van der Waals surface area contributed by atoms with Gasteiger partial charge >= 0.3 is 0 Å². The van der Waals surface area contributed by atoms with Crippen molar-refractivity contribution in [3.8, 4) is 5.88 Å². The minimum Gasteiger partial charge on any atom is -0.480 e. The Morgan fingerprint density at radius 3 is 2.95 bits per heavy atom. The number of methoxy groups -OCH3 is 1. The average molecular weight is 292 g/mol. The number of pyridine rings is 1. The molecule has 1 amide bonds. The zero-order chi connectivity index (χ0) is 14.9. The third kappa shape index (κ3) is 5.01. The Hall–Kier alpha value is -1.62. The van der Waals surface area contributed by atoms with Crippen LogP contribution in [0.3, 0.4) is 0 Å². The summed E-state index contributed by atoms with van der Waals surface area (Å²) in [6, 6.07) is 3.43. The molecule has 1 N–H and O–H groups in total. The van der Waals surface area contributed by atoms with Crippen molar-refractivity contribution in [2.24, 2.45) is 0 Å². The summed E-state index contributed by atoms with van der Waals surface area (Å²) in [6.07, 6.45) is 9.11. The van der Waals surface area contributed by atoms with E-state index in [1.54, 1.807) is 18.3 Å². The van der Waals surface area contributed by atoms with Gasteiger partial charge in [0.25, 0.3) is 5.91 Å². The second-order valence-corrected chi connectivity index (χ2v) is 5.30. The van der Waals surface area contributed by atoms with Crippen molar-refractivity contribution in [3.63, 3.8) is 0 Å². The predicted octanol–water partition coefficient (Wildman–Crippen LogP) is 2.56. The monoisotopic (exact) mass is 292 g/mol. The van der Waals surface area contributed by atoms with Gasteiger partial charge in [0, 0.05) is 19.3 Å². The van der Waals surface area contributed by atoms with E-state index in [0.29, 0.717) is 30.7 Å². The highest BCUT2D eigenvalue weighted by Crippen LogP contribution is 2.20. The summed E-state index contributed by atoms with van der Waals surface area (Å²) in [5.41, 5.74) is 0.466. The maximum atomic E-state index is 12.0. The molecule has 0 aliphatic heterocycles. The highest BCUT2D eigenvalue weighted by Gasteiger charge is 2.14. The molecule has 0 spiro atoms. The summed E-state index contributed by atoms with van der Waals surface area (Å²) < 4.78 is 10.9. The fourth-order valence-corrected chi connectivity index (χ4v) is 2.58. The summed E-state index contributed by atoms with van der Waals surface area (Å²) in [6.45, 7) is 1.30. The highest BCUT2D eigenvalue weighted by molar-refractivity contribution is 5.96.